The van der Waals surface area contributed by atoms with Crippen LogP contribution in [0.3, 0.4) is 0 Å². The lowest BCUT2D eigenvalue weighted by atomic mass is 10.1. The molecule has 2 aliphatic rings. The van der Waals surface area contributed by atoms with Crippen molar-refractivity contribution in [1.82, 2.24) is 9.80 Å². The third-order valence-corrected chi connectivity index (χ3v) is 4.95. The van der Waals surface area contributed by atoms with Gasteiger partial charge in [-0.1, -0.05) is 18.2 Å². The second-order valence-electron chi connectivity index (χ2n) is 6.94. The largest absolute Gasteiger partial charge is 0.444 e. The molecular weight excluding hydrogens is 352 g/mol. The number of carbonyl (C=O) groups is 1. The molecule has 9 nitrogen and oxygen atoms in total. The summed E-state index contributed by atoms with van der Waals surface area (Å²) >= 11 is 0. The molecule has 1 atom stereocenters. The molecule has 0 radical (unpaired) electrons. The minimum absolute atomic E-state index is 0.0389. The summed E-state index contributed by atoms with van der Waals surface area (Å²) in [4.78, 5) is 26.4. The Balaban J connectivity index is 1.64. The maximum Gasteiger partial charge on any atom is 0.417 e. The Labute approximate surface area is 157 Å². The first-order valence-electron chi connectivity index (χ1n) is 9.00. The van der Waals surface area contributed by atoms with Crippen LogP contribution in [0.2, 0.25) is 0 Å². The van der Waals surface area contributed by atoms with E-state index in [2.05, 4.69) is 5.10 Å². The molecule has 0 bridgehead atoms. The molecule has 2 aliphatic heterocycles. The van der Waals surface area contributed by atoms with Crippen LogP contribution in [-0.4, -0.2) is 59.7 Å². The highest BCUT2D eigenvalue weighted by Gasteiger charge is 2.36. The van der Waals surface area contributed by atoms with Crippen LogP contribution in [-0.2, 0) is 16.1 Å². The number of guanidine groups is 1. The molecule has 2 saturated heterocycles. The van der Waals surface area contributed by atoms with Crippen molar-refractivity contribution in [1.29, 1.82) is 0 Å². The van der Waals surface area contributed by atoms with Gasteiger partial charge in [0.05, 0.1) is 13.2 Å². The second kappa shape index (κ2) is 8.34. The lowest BCUT2D eigenvalue weighted by molar-refractivity contribution is -0.486. The van der Waals surface area contributed by atoms with Crippen LogP contribution in [0, 0.1) is 29.9 Å². The van der Waals surface area contributed by atoms with Crippen molar-refractivity contribution >= 4 is 12.1 Å². The number of carbonyl (C=O) groups excluding carboxylic acids is 1. The summed E-state index contributed by atoms with van der Waals surface area (Å²) in [5.41, 5.74) is 3.15. The van der Waals surface area contributed by atoms with Crippen molar-refractivity contribution in [2.45, 2.75) is 26.9 Å². The van der Waals surface area contributed by atoms with Crippen LogP contribution < -0.4 is 0 Å². The average molecular weight is 376 g/mol. The van der Waals surface area contributed by atoms with Gasteiger partial charge in [-0.2, -0.15) is 0 Å². The number of nitrogens with zero attached hydrogens (tertiary/aromatic N) is 4. The number of hydrogen-bond donors (Lipinski definition) is 0. The molecule has 2 heterocycles. The van der Waals surface area contributed by atoms with Crippen molar-refractivity contribution in [2.24, 2.45) is 11.0 Å². The molecule has 2 fully saturated rings. The smallest absolute Gasteiger partial charge is 0.417 e. The van der Waals surface area contributed by atoms with Gasteiger partial charge in [0, 0.05) is 25.6 Å². The molecule has 1 aromatic rings. The number of nitro groups is 1. The number of benzene rings is 1. The van der Waals surface area contributed by atoms with Gasteiger partial charge in [0.15, 0.2) is 5.03 Å². The van der Waals surface area contributed by atoms with E-state index in [1.807, 2.05) is 32.0 Å². The number of hydrogen-bond acceptors (Lipinski definition) is 5. The second-order valence-corrected chi connectivity index (χ2v) is 6.94. The van der Waals surface area contributed by atoms with E-state index in [4.69, 9.17) is 9.47 Å². The fourth-order valence-electron chi connectivity index (χ4n) is 3.28. The summed E-state index contributed by atoms with van der Waals surface area (Å²) in [5, 5.41) is 13.6. The Morgan fingerprint density at radius 2 is 2.19 bits per heavy atom. The van der Waals surface area contributed by atoms with Crippen molar-refractivity contribution in [2.75, 3.05) is 32.8 Å². The zero-order valence-corrected chi connectivity index (χ0v) is 15.6. The van der Waals surface area contributed by atoms with Crippen molar-refractivity contribution < 1.29 is 19.3 Å². The van der Waals surface area contributed by atoms with E-state index in [1.165, 1.54) is 4.90 Å². The fraction of sp³-hybridized carbons (Fsp3) is 0.556. The van der Waals surface area contributed by atoms with E-state index >= 15 is 0 Å². The predicted molar refractivity (Wildman–Crippen MR) is 97.7 cm³/mol. The summed E-state index contributed by atoms with van der Waals surface area (Å²) in [6.45, 7) is 6.81. The molecule has 146 valence electrons. The molecule has 0 spiro atoms. The van der Waals surface area contributed by atoms with E-state index in [-0.39, 0.29) is 18.5 Å². The SMILES string of the molecule is Cc1ccc(COC(=O)N2CCN(CC3CCOC3)C2=N[N+](=O)[O-])cc1C. The summed E-state index contributed by atoms with van der Waals surface area (Å²) in [5.74, 6) is 0.324. The monoisotopic (exact) mass is 376 g/mol. The minimum atomic E-state index is -0.775. The number of aryl methyl sites for hydroxylation is 2. The van der Waals surface area contributed by atoms with Crippen molar-refractivity contribution in [3.05, 3.63) is 45.0 Å². The first-order chi connectivity index (χ1) is 12.9. The third kappa shape index (κ3) is 4.73. The van der Waals surface area contributed by atoms with Gasteiger partial charge in [-0.3, -0.25) is 0 Å². The lowest BCUT2D eigenvalue weighted by Crippen LogP contribution is -2.40. The van der Waals surface area contributed by atoms with E-state index in [9.17, 15) is 14.9 Å². The Bertz CT molecular complexity index is 745. The molecular formula is C18H24N4O5. The van der Waals surface area contributed by atoms with Crippen LogP contribution >= 0.6 is 0 Å². The lowest BCUT2D eigenvalue weighted by Gasteiger charge is -2.21. The van der Waals surface area contributed by atoms with Crippen molar-refractivity contribution in [3.8, 4) is 0 Å². The highest BCUT2D eigenvalue weighted by Crippen LogP contribution is 2.19. The molecule has 0 aromatic heterocycles. The van der Waals surface area contributed by atoms with Gasteiger partial charge in [0.25, 0.3) is 5.96 Å². The molecule has 27 heavy (non-hydrogen) atoms. The Kier molecular flexibility index (Phi) is 5.90. The Morgan fingerprint density at radius 1 is 1.37 bits per heavy atom. The van der Waals surface area contributed by atoms with Crippen molar-refractivity contribution in [3.63, 3.8) is 0 Å². The zero-order valence-electron chi connectivity index (χ0n) is 15.6. The maximum absolute atomic E-state index is 12.5. The number of rotatable bonds is 5. The summed E-state index contributed by atoms with van der Waals surface area (Å²) in [7, 11) is 0. The highest BCUT2D eigenvalue weighted by atomic mass is 16.7. The first kappa shape index (κ1) is 19.1. The average Bonchev–Trinajstić information content (AvgIpc) is 3.26. The Hall–Kier alpha value is -2.68. The van der Waals surface area contributed by atoms with E-state index in [0.717, 1.165) is 23.1 Å². The number of hydrazone groups is 1. The topological polar surface area (TPSA) is 97.5 Å². The van der Waals surface area contributed by atoms with Crippen LogP contribution in [0.1, 0.15) is 23.1 Å². The van der Waals surface area contributed by atoms with Crippen LogP contribution in [0.5, 0.6) is 0 Å². The maximum atomic E-state index is 12.5. The third-order valence-electron chi connectivity index (χ3n) is 4.95. The van der Waals surface area contributed by atoms with Gasteiger partial charge in [-0.05, 0) is 37.0 Å². The number of ether oxygens (including phenoxy) is 2. The van der Waals surface area contributed by atoms with Gasteiger partial charge in [0.1, 0.15) is 11.7 Å². The first-order valence-corrected chi connectivity index (χ1v) is 9.00. The van der Waals surface area contributed by atoms with Crippen LogP contribution in [0.25, 0.3) is 0 Å². The molecule has 0 N–H and O–H groups in total. The summed E-state index contributed by atoms with van der Waals surface area (Å²) in [6.07, 6.45) is 0.276. The summed E-state index contributed by atoms with van der Waals surface area (Å²) in [6, 6.07) is 5.84. The molecule has 1 amide bonds. The predicted octanol–water partition coefficient (Wildman–Crippen LogP) is 2.14. The molecule has 9 heteroatoms. The van der Waals surface area contributed by atoms with E-state index < -0.39 is 11.1 Å². The fourth-order valence-corrected chi connectivity index (χ4v) is 3.28. The zero-order chi connectivity index (χ0) is 19.4. The van der Waals surface area contributed by atoms with Crippen LogP contribution in [0.15, 0.2) is 23.3 Å². The van der Waals surface area contributed by atoms with Gasteiger partial charge >= 0.3 is 6.09 Å². The van der Waals surface area contributed by atoms with Gasteiger partial charge in [-0.15, -0.1) is 0 Å². The van der Waals surface area contributed by atoms with Gasteiger partial charge in [0.2, 0.25) is 0 Å². The summed E-state index contributed by atoms with van der Waals surface area (Å²) < 4.78 is 10.7. The molecule has 1 aromatic carbocycles. The highest BCUT2D eigenvalue weighted by molar-refractivity contribution is 5.95. The van der Waals surface area contributed by atoms with Gasteiger partial charge < -0.3 is 14.4 Å². The normalized spacial score (nSPS) is 21.1. The van der Waals surface area contributed by atoms with E-state index in [1.54, 1.807) is 4.90 Å². The van der Waals surface area contributed by atoms with Crippen LogP contribution in [0.4, 0.5) is 4.79 Å². The Morgan fingerprint density at radius 3 is 2.85 bits per heavy atom. The number of amides is 1. The quantitative estimate of drug-likeness (QED) is 0.577. The minimum Gasteiger partial charge on any atom is -0.444 e. The molecule has 0 aliphatic carbocycles. The molecule has 1 unspecified atom stereocenters. The van der Waals surface area contributed by atoms with E-state index in [0.29, 0.717) is 32.8 Å². The molecule has 0 saturated carbocycles. The molecule has 3 rings (SSSR count). The van der Waals surface area contributed by atoms with Gasteiger partial charge in [-0.25, -0.2) is 19.8 Å². The standard InChI is InChI=1S/C18H24N4O5/c1-13-3-4-15(9-14(13)2)12-27-18(23)21-7-6-20(17(21)19-22(24)25)10-16-5-8-26-11-16/h3-4,9,16H,5-8,10-12H2,1-2H3.